The second kappa shape index (κ2) is 3.81. The lowest BCUT2D eigenvalue weighted by atomic mass is 9.82. The van der Waals surface area contributed by atoms with Gasteiger partial charge >= 0.3 is 0 Å². The summed E-state index contributed by atoms with van der Waals surface area (Å²) in [5.41, 5.74) is 13.3. The van der Waals surface area contributed by atoms with E-state index in [-0.39, 0.29) is 0 Å². The number of pyridine rings is 1. The third kappa shape index (κ3) is 2.48. The molecule has 0 radical (unpaired) electrons. The summed E-state index contributed by atoms with van der Waals surface area (Å²) in [6.07, 6.45) is 6.33. The van der Waals surface area contributed by atoms with Gasteiger partial charge in [-0.2, -0.15) is 0 Å². The molecule has 0 saturated heterocycles. The van der Waals surface area contributed by atoms with Crippen LogP contribution in [0.15, 0.2) is 18.3 Å². The largest absolute Gasteiger partial charge is 0.384 e. The van der Waals surface area contributed by atoms with Crippen molar-refractivity contribution in [3.63, 3.8) is 0 Å². The van der Waals surface area contributed by atoms with E-state index in [0.717, 1.165) is 19.3 Å². The molecule has 0 spiro atoms. The molecule has 1 saturated carbocycles. The van der Waals surface area contributed by atoms with Gasteiger partial charge in [-0.25, -0.2) is 4.98 Å². The van der Waals surface area contributed by atoms with E-state index < -0.39 is 0 Å². The maximum absolute atomic E-state index is 5.96. The molecule has 2 unspecified atom stereocenters. The molecular formula is C12H19N3. The van der Waals surface area contributed by atoms with E-state index in [1.165, 1.54) is 12.0 Å². The quantitative estimate of drug-likeness (QED) is 0.772. The fourth-order valence-electron chi connectivity index (χ4n) is 2.63. The highest BCUT2D eigenvalue weighted by Crippen LogP contribution is 2.39. The zero-order chi connectivity index (χ0) is 10.9. The van der Waals surface area contributed by atoms with Crippen LogP contribution >= 0.6 is 0 Å². The van der Waals surface area contributed by atoms with E-state index in [9.17, 15) is 0 Å². The van der Waals surface area contributed by atoms with Crippen LogP contribution in [-0.2, 0) is 6.42 Å². The van der Waals surface area contributed by atoms with Crippen molar-refractivity contribution in [3.05, 3.63) is 23.9 Å². The molecule has 1 fully saturated rings. The summed E-state index contributed by atoms with van der Waals surface area (Å²) in [6, 6.07) is 4.40. The molecule has 1 aliphatic rings. The van der Waals surface area contributed by atoms with Crippen molar-refractivity contribution in [2.45, 2.75) is 38.6 Å². The molecule has 15 heavy (non-hydrogen) atoms. The van der Waals surface area contributed by atoms with E-state index in [1.807, 2.05) is 12.1 Å². The number of hydrogen-bond acceptors (Lipinski definition) is 3. The van der Waals surface area contributed by atoms with Crippen molar-refractivity contribution in [1.82, 2.24) is 4.98 Å². The molecule has 0 amide bonds. The molecule has 82 valence electrons. The highest BCUT2D eigenvalue weighted by Gasteiger charge is 2.33. The minimum atomic E-state index is 0.354. The fraction of sp³-hybridized carbons (Fsp3) is 0.583. The molecule has 0 bridgehead atoms. The van der Waals surface area contributed by atoms with E-state index >= 15 is 0 Å². The second-order valence-electron chi connectivity index (χ2n) is 5.08. The SMILES string of the molecule is CC1(Cc2ccnc(N)c2)CCC(N)C1. The number of nitrogens with zero attached hydrogens (tertiary/aromatic N) is 1. The smallest absolute Gasteiger partial charge is 0.123 e. The summed E-state index contributed by atoms with van der Waals surface area (Å²) in [5.74, 6) is 0.610. The number of nitrogens with two attached hydrogens (primary N) is 2. The Labute approximate surface area is 90.9 Å². The topological polar surface area (TPSA) is 64.9 Å². The molecular weight excluding hydrogens is 186 g/mol. The normalized spacial score (nSPS) is 30.7. The summed E-state index contributed by atoms with van der Waals surface area (Å²) in [7, 11) is 0. The van der Waals surface area contributed by atoms with Crippen LogP contribution in [0.1, 0.15) is 31.7 Å². The predicted octanol–water partition coefficient (Wildman–Crippen LogP) is 1.72. The van der Waals surface area contributed by atoms with Gasteiger partial charge in [0.15, 0.2) is 0 Å². The Bertz CT molecular complexity index is 350. The fourth-order valence-corrected chi connectivity index (χ4v) is 2.63. The van der Waals surface area contributed by atoms with Gasteiger partial charge in [0.1, 0.15) is 5.82 Å². The van der Waals surface area contributed by atoms with E-state index in [1.54, 1.807) is 6.20 Å². The molecule has 0 aliphatic heterocycles. The average molecular weight is 205 g/mol. The van der Waals surface area contributed by atoms with Gasteiger partial charge in [-0.1, -0.05) is 6.92 Å². The van der Waals surface area contributed by atoms with Crippen LogP contribution < -0.4 is 11.5 Å². The predicted molar refractivity (Wildman–Crippen MR) is 62.3 cm³/mol. The minimum absolute atomic E-state index is 0.354. The van der Waals surface area contributed by atoms with Gasteiger partial charge < -0.3 is 11.5 Å². The van der Waals surface area contributed by atoms with Gasteiger partial charge in [-0.05, 0) is 48.8 Å². The number of aromatic nitrogens is 1. The first kappa shape index (κ1) is 10.4. The van der Waals surface area contributed by atoms with E-state index in [0.29, 0.717) is 17.3 Å². The first-order chi connectivity index (χ1) is 7.07. The Morgan fingerprint density at radius 2 is 2.40 bits per heavy atom. The lowest BCUT2D eigenvalue weighted by Gasteiger charge is -2.23. The average Bonchev–Trinajstić information content (AvgIpc) is 2.45. The minimum Gasteiger partial charge on any atom is -0.384 e. The van der Waals surface area contributed by atoms with Gasteiger partial charge in [0, 0.05) is 12.2 Å². The third-order valence-electron chi connectivity index (χ3n) is 3.35. The van der Waals surface area contributed by atoms with Crippen molar-refractivity contribution in [2.24, 2.45) is 11.1 Å². The van der Waals surface area contributed by atoms with Crippen LogP contribution in [0.2, 0.25) is 0 Å². The van der Waals surface area contributed by atoms with Crippen LogP contribution in [0.5, 0.6) is 0 Å². The summed E-state index contributed by atoms with van der Waals surface area (Å²) in [4.78, 5) is 4.01. The van der Waals surface area contributed by atoms with Gasteiger partial charge in [-0.15, -0.1) is 0 Å². The van der Waals surface area contributed by atoms with Crippen LogP contribution in [0, 0.1) is 5.41 Å². The lowest BCUT2D eigenvalue weighted by molar-refractivity contribution is 0.329. The van der Waals surface area contributed by atoms with Crippen LogP contribution in [0.4, 0.5) is 5.82 Å². The van der Waals surface area contributed by atoms with Crippen LogP contribution in [0.25, 0.3) is 0 Å². The molecule has 1 heterocycles. The molecule has 3 heteroatoms. The molecule has 3 nitrogen and oxygen atoms in total. The third-order valence-corrected chi connectivity index (χ3v) is 3.35. The Hall–Kier alpha value is -1.09. The van der Waals surface area contributed by atoms with Crippen molar-refractivity contribution >= 4 is 5.82 Å². The summed E-state index contributed by atoms with van der Waals surface area (Å²) < 4.78 is 0. The molecule has 1 aromatic rings. The standard InChI is InChI=1S/C12H19N3/c1-12(4-2-10(13)8-12)7-9-3-5-15-11(14)6-9/h3,5-6,10H,2,4,7-8,13H2,1H3,(H2,14,15). The molecule has 1 aliphatic carbocycles. The summed E-state index contributed by atoms with van der Waals surface area (Å²) in [6.45, 7) is 2.32. The molecule has 2 rings (SSSR count). The van der Waals surface area contributed by atoms with Gasteiger partial charge in [-0.3, -0.25) is 0 Å². The Morgan fingerprint density at radius 3 is 3.00 bits per heavy atom. The summed E-state index contributed by atoms with van der Waals surface area (Å²) in [5, 5.41) is 0. The molecule has 2 atom stereocenters. The van der Waals surface area contributed by atoms with Crippen molar-refractivity contribution < 1.29 is 0 Å². The van der Waals surface area contributed by atoms with Crippen molar-refractivity contribution in [1.29, 1.82) is 0 Å². The Morgan fingerprint density at radius 1 is 1.60 bits per heavy atom. The number of hydrogen-bond donors (Lipinski definition) is 2. The maximum Gasteiger partial charge on any atom is 0.123 e. The first-order valence-corrected chi connectivity index (χ1v) is 5.53. The van der Waals surface area contributed by atoms with Crippen molar-refractivity contribution in [3.8, 4) is 0 Å². The number of rotatable bonds is 2. The van der Waals surface area contributed by atoms with Gasteiger partial charge in [0.2, 0.25) is 0 Å². The van der Waals surface area contributed by atoms with E-state index in [4.69, 9.17) is 11.5 Å². The molecule has 4 N–H and O–H groups in total. The Kier molecular flexibility index (Phi) is 2.65. The summed E-state index contributed by atoms with van der Waals surface area (Å²) >= 11 is 0. The highest BCUT2D eigenvalue weighted by molar-refractivity contribution is 5.32. The number of anilines is 1. The first-order valence-electron chi connectivity index (χ1n) is 5.53. The van der Waals surface area contributed by atoms with Crippen LogP contribution in [-0.4, -0.2) is 11.0 Å². The number of nitrogen functional groups attached to an aromatic ring is 1. The second-order valence-corrected chi connectivity index (χ2v) is 5.08. The van der Waals surface area contributed by atoms with Gasteiger partial charge in [0.25, 0.3) is 0 Å². The molecule has 0 aromatic carbocycles. The zero-order valence-electron chi connectivity index (χ0n) is 9.24. The Balaban J connectivity index is 2.08. The highest BCUT2D eigenvalue weighted by atomic mass is 14.8. The monoisotopic (exact) mass is 205 g/mol. The zero-order valence-corrected chi connectivity index (χ0v) is 9.24. The lowest BCUT2D eigenvalue weighted by Crippen LogP contribution is -2.21. The maximum atomic E-state index is 5.96. The van der Waals surface area contributed by atoms with Crippen molar-refractivity contribution in [2.75, 3.05) is 5.73 Å². The van der Waals surface area contributed by atoms with Gasteiger partial charge in [0.05, 0.1) is 0 Å². The van der Waals surface area contributed by atoms with Crippen LogP contribution in [0.3, 0.4) is 0 Å². The molecule has 1 aromatic heterocycles. The van der Waals surface area contributed by atoms with E-state index in [2.05, 4.69) is 11.9 Å².